The van der Waals surface area contributed by atoms with Gasteiger partial charge in [0, 0.05) is 6.61 Å². The smallest absolute Gasteiger partial charge is 0.119 e. The van der Waals surface area contributed by atoms with Crippen LogP contribution in [0.1, 0.15) is 11.1 Å². The second kappa shape index (κ2) is 5.06. The third-order valence-corrected chi connectivity index (χ3v) is 2.10. The van der Waals surface area contributed by atoms with Gasteiger partial charge in [-0.05, 0) is 24.0 Å². The van der Waals surface area contributed by atoms with Crippen molar-refractivity contribution < 1.29 is 5.11 Å². The van der Waals surface area contributed by atoms with Crippen molar-refractivity contribution in [2.45, 2.75) is 17.1 Å². The summed E-state index contributed by atoms with van der Waals surface area (Å²) in [5.74, 6) is 0. The Bertz CT molecular complexity index is 296. The largest absolute Gasteiger partial charge is 0.396 e. The summed E-state index contributed by atoms with van der Waals surface area (Å²) < 4.78 is -1.22. The van der Waals surface area contributed by atoms with Gasteiger partial charge in [0.2, 0.25) is 0 Å². The van der Waals surface area contributed by atoms with E-state index in [1.165, 1.54) is 0 Å². The fourth-order valence-electron chi connectivity index (χ4n) is 1.30. The second-order valence-corrected chi connectivity index (χ2v) is 4.77. The maximum atomic E-state index is 8.77. The molecule has 4 heteroatoms. The van der Waals surface area contributed by atoms with Gasteiger partial charge >= 0.3 is 0 Å². The highest BCUT2D eigenvalue weighted by Gasteiger charge is 2.16. The van der Waals surface area contributed by atoms with E-state index in [2.05, 4.69) is 0 Å². The van der Waals surface area contributed by atoms with Crippen LogP contribution < -0.4 is 0 Å². The van der Waals surface area contributed by atoms with Crippen LogP contribution in [0, 0.1) is 0 Å². The molecule has 74 valence electrons. The minimum absolute atomic E-state index is 0.138. The predicted octanol–water partition coefficient (Wildman–Crippen LogP) is 2.06. The molecule has 0 heterocycles. The van der Waals surface area contributed by atoms with Crippen LogP contribution in [0.5, 0.6) is 0 Å². The number of aliphatic hydroxyl groups is 1. The molecular weight excluding hydrogens is 218 g/mol. The molecule has 0 atom stereocenters. The molecule has 2 radical (unpaired) electrons. The number of hydrogen-bond donors (Lipinski definition) is 1. The van der Waals surface area contributed by atoms with Gasteiger partial charge in [-0.1, -0.05) is 24.3 Å². The second-order valence-electron chi connectivity index (χ2n) is 3.23. The van der Waals surface area contributed by atoms with E-state index in [0.29, 0.717) is 12.8 Å². The van der Waals surface area contributed by atoms with E-state index in [9.17, 15) is 0 Å². The molecule has 0 fully saturated rings. The molecular formula is C10H11BCl2O. The fraction of sp³-hybridized carbons (Fsp3) is 0.400. The summed E-state index contributed by atoms with van der Waals surface area (Å²) in [5, 5.41) is 8.77. The molecule has 1 aromatic carbocycles. The van der Waals surface area contributed by atoms with E-state index in [4.69, 9.17) is 36.2 Å². The van der Waals surface area contributed by atoms with Crippen molar-refractivity contribution in [3.8, 4) is 0 Å². The average Bonchev–Trinajstić information content (AvgIpc) is 2.02. The van der Waals surface area contributed by atoms with Crippen LogP contribution in [0.15, 0.2) is 24.3 Å². The zero-order valence-electron chi connectivity index (χ0n) is 7.71. The van der Waals surface area contributed by atoms with Crippen LogP contribution in [-0.2, 0) is 12.8 Å². The van der Waals surface area contributed by atoms with Crippen molar-refractivity contribution in [3.63, 3.8) is 0 Å². The first-order valence-electron chi connectivity index (χ1n) is 4.36. The number of halogens is 2. The third kappa shape index (κ3) is 4.36. The minimum Gasteiger partial charge on any atom is -0.396 e. The van der Waals surface area contributed by atoms with Crippen molar-refractivity contribution in [3.05, 3.63) is 35.4 Å². The molecule has 0 saturated carbocycles. The number of rotatable bonds is 4. The predicted molar refractivity (Wildman–Crippen MR) is 61.1 cm³/mol. The molecule has 0 bridgehead atoms. The number of hydrogen-bond acceptors (Lipinski definition) is 1. The maximum Gasteiger partial charge on any atom is 0.119 e. The molecule has 0 amide bonds. The van der Waals surface area contributed by atoms with Crippen LogP contribution in [-0.4, -0.2) is 23.8 Å². The highest BCUT2D eigenvalue weighted by molar-refractivity contribution is 6.65. The molecule has 1 rings (SSSR count). The standard InChI is InChI=1S/C10H11BCl2O/c11-10(12,13)7-9-3-1-2-8(6-9)4-5-14/h1-3,6,14H,4-5,7H2. The molecule has 14 heavy (non-hydrogen) atoms. The zero-order chi connectivity index (χ0) is 10.6. The monoisotopic (exact) mass is 228 g/mol. The van der Waals surface area contributed by atoms with Crippen molar-refractivity contribution >= 4 is 31.0 Å². The van der Waals surface area contributed by atoms with E-state index >= 15 is 0 Å². The third-order valence-electron chi connectivity index (χ3n) is 1.83. The quantitative estimate of drug-likeness (QED) is 0.618. The molecule has 1 aromatic rings. The lowest BCUT2D eigenvalue weighted by Gasteiger charge is -2.14. The molecule has 1 nitrogen and oxygen atoms in total. The summed E-state index contributed by atoms with van der Waals surface area (Å²) >= 11 is 11.4. The van der Waals surface area contributed by atoms with Gasteiger partial charge in [0.05, 0.1) is 4.23 Å². The van der Waals surface area contributed by atoms with E-state index in [0.717, 1.165) is 11.1 Å². The highest BCUT2D eigenvalue weighted by Crippen LogP contribution is 2.22. The number of alkyl halides is 2. The Morgan fingerprint density at radius 1 is 1.29 bits per heavy atom. The van der Waals surface area contributed by atoms with Crippen molar-refractivity contribution in [1.29, 1.82) is 0 Å². The van der Waals surface area contributed by atoms with Crippen LogP contribution >= 0.6 is 23.2 Å². The lowest BCUT2D eigenvalue weighted by molar-refractivity contribution is 0.299. The van der Waals surface area contributed by atoms with Gasteiger partial charge in [0.25, 0.3) is 0 Å². The molecule has 0 aliphatic carbocycles. The highest BCUT2D eigenvalue weighted by atomic mass is 35.5. The Morgan fingerprint density at radius 3 is 2.50 bits per heavy atom. The number of aliphatic hydroxyl groups excluding tert-OH is 1. The van der Waals surface area contributed by atoms with Crippen molar-refractivity contribution in [2.24, 2.45) is 0 Å². The first-order valence-corrected chi connectivity index (χ1v) is 5.12. The van der Waals surface area contributed by atoms with Gasteiger partial charge < -0.3 is 5.11 Å². The Labute approximate surface area is 95.4 Å². The lowest BCUT2D eigenvalue weighted by Crippen LogP contribution is -2.15. The van der Waals surface area contributed by atoms with Crippen LogP contribution in [0.3, 0.4) is 0 Å². The van der Waals surface area contributed by atoms with Crippen molar-refractivity contribution in [2.75, 3.05) is 6.61 Å². The molecule has 0 saturated heterocycles. The molecule has 0 unspecified atom stereocenters. The van der Waals surface area contributed by atoms with Crippen LogP contribution in [0.25, 0.3) is 0 Å². The van der Waals surface area contributed by atoms with Gasteiger partial charge in [-0.2, -0.15) is 0 Å². The normalized spacial score (nSPS) is 11.6. The maximum absolute atomic E-state index is 8.77. The lowest BCUT2D eigenvalue weighted by atomic mass is 9.94. The molecule has 0 aliphatic heterocycles. The summed E-state index contributed by atoms with van der Waals surface area (Å²) in [4.78, 5) is 0. The van der Waals surface area contributed by atoms with Gasteiger partial charge in [0.1, 0.15) is 7.85 Å². The summed E-state index contributed by atoms with van der Waals surface area (Å²) in [6, 6.07) is 7.70. The minimum atomic E-state index is -1.22. The number of benzene rings is 1. The SMILES string of the molecule is [B]C(Cl)(Cl)Cc1cccc(CCO)c1. The van der Waals surface area contributed by atoms with Crippen molar-refractivity contribution in [1.82, 2.24) is 0 Å². The van der Waals surface area contributed by atoms with E-state index in [1.807, 2.05) is 24.3 Å². The van der Waals surface area contributed by atoms with Crippen LogP contribution in [0.4, 0.5) is 0 Å². The molecule has 0 spiro atoms. The van der Waals surface area contributed by atoms with E-state index in [-0.39, 0.29) is 6.61 Å². The van der Waals surface area contributed by atoms with Crippen LogP contribution in [0.2, 0.25) is 0 Å². The Morgan fingerprint density at radius 2 is 1.93 bits per heavy atom. The Kier molecular flexibility index (Phi) is 4.30. The zero-order valence-corrected chi connectivity index (χ0v) is 9.22. The van der Waals surface area contributed by atoms with Gasteiger partial charge in [0.15, 0.2) is 0 Å². The average molecular weight is 229 g/mol. The molecule has 1 N–H and O–H groups in total. The topological polar surface area (TPSA) is 20.2 Å². The summed E-state index contributed by atoms with van der Waals surface area (Å²) in [6.07, 6.45) is 1.03. The Balaban J connectivity index is 2.73. The first-order chi connectivity index (χ1) is 6.51. The fourth-order valence-corrected chi connectivity index (χ4v) is 1.60. The van der Waals surface area contributed by atoms with E-state index < -0.39 is 4.23 Å². The molecule has 0 aliphatic rings. The van der Waals surface area contributed by atoms with Gasteiger partial charge in [-0.15, -0.1) is 23.2 Å². The summed E-state index contributed by atoms with van der Waals surface area (Å²) in [5.41, 5.74) is 2.03. The van der Waals surface area contributed by atoms with Gasteiger partial charge in [-0.3, -0.25) is 0 Å². The first kappa shape index (κ1) is 11.9. The summed E-state index contributed by atoms with van der Waals surface area (Å²) in [6.45, 7) is 0.138. The van der Waals surface area contributed by atoms with Gasteiger partial charge in [-0.25, -0.2) is 0 Å². The Hall–Kier alpha value is -0.175. The summed E-state index contributed by atoms with van der Waals surface area (Å²) in [7, 11) is 5.47. The van der Waals surface area contributed by atoms with E-state index in [1.54, 1.807) is 0 Å². The molecule has 0 aromatic heterocycles.